The molecule has 0 fully saturated rings. The van der Waals surface area contributed by atoms with E-state index in [4.69, 9.17) is 4.74 Å². The van der Waals surface area contributed by atoms with Crippen LogP contribution in [0.25, 0.3) is 0 Å². The second-order valence-electron chi connectivity index (χ2n) is 6.00. The van der Waals surface area contributed by atoms with E-state index < -0.39 is 0 Å². The van der Waals surface area contributed by atoms with Crippen LogP contribution in [0.3, 0.4) is 0 Å². The highest BCUT2D eigenvalue weighted by Crippen LogP contribution is 2.28. The Morgan fingerprint density at radius 3 is 2.68 bits per heavy atom. The number of likely N-dealkylation sites (N-methyl/N-ethyl adjacent to an activating group) is 1. The van der Waals surface area contributed by atoms with Crippen LogP contribution < -0.4 is 4.74 Å². The number of aliphatic hydroxyl groups is 1. The highest BCUT2D eigenvalue weighted by atomic mass is 16.5. The molecule has 6 nitrogen and oxygen atoms in total. The largest absolute Gasteiger partial charge is 0.505 e. The minimum atomic E-state index is -0.203. The topological polar surface area (TPSA) is 78.2 Å². The maximum atomic E-state index is 10.2. The quantitative estimate of drug-likeness (QED) is 0.755. The number of methoxy groups -OCH3 is 1. The van der Waals surface area contributed by atoms with Crippen molar-refractivity contribution in [3.63, 3.8) is 0 Å². The van der Waals surface area contributed by atoms with Crippen molar-refractivity contribution in [1.29, 1.82) is 0 Å². The summed E-state index contributed by atoms with van der Waals surface area (Å²) in [4.78, 5) is 10.6. The summed E-state index contributed by atoms with van der Waals surface area (Å²) in [5.41, 5.74) is 2.61. The zero-order valence-electron chi connectivity index (χ0n) is 15.1. The molecule has 2 aromatic rings. The summed E-state index contributed by atoms with van der Waals surface area (Å²) in [6, 6.07) is 7.88. The lowest BCUT2D eigenvalue weighted by atomic mass is 10.0. The van der Waals surface area contributed by atoms with Gasteiger partial charge in [0.05, 0.1) is 32.0 Å². The third-order valence-corrected chi connectivity index (χ3v) is 4.15. The second kappa shape index (κ2) is 8.60. The summed E-state index contributed by atoms with van der Waals surface area (Å²) >= 11 is 0. The van der Waals surface area contributed by atoms with Crippen LogP contribution in [0.4, 0.5) is 0 Å². The summed E-state index contributed by atoms with van der Waals surface area (Å²) in [5, 5.41) is 19.6. The number of para-hydroxylation sites is 1. The van der Waals surface area contributed by atoms with E-state index in [1.54, 1.807) is 26.4 Å². The predicted molar refractivity (Wildman–Crippen MR) is 98.4 cm³/mol. The Kier molecular flexibility index (Phi) is 6.50. The van der Waals surface area contributed by atoms with Crippen molar-refractivity contribution < 1.29 is 14.9 Å². The number of hydrogen-bond acceptors (Lipinski definition) is 6. The van der Waals surface area contributed by atoms with E-state index in [2.05, 4.69) is 14.9 Å². The molecule has 0 saturated carbocycles. The minimum absolute atomic E-state index is 0.0232. The van der Waals surface area contributed by atoms with E-state index in [0.29, 0.717) is 23.4 Å². The summed E-state index contributed by atoms with van der Waals surface area (Å²) < 4.78 is 5.45. The van der Waals surface area contributed by atoms with Gasteiger partial charge < -0.3 is 19.8 Å². The van der Waals surface area contributed by atoms with E-state index in [0.717, 1.165) is 11.3 Å². The molecule has 2 rings (SSSR count). The normalized spacial score (nSPS) is 12.7. The number of hydrogen-bond donors (Lipinski definition) is 2. The van der Waals surface area contributed by atoms with E-state index in [1.807, 2.05) is 38.4 Å². The van der Waals surface area contributed by atoms with Crippen molar-refractivity contribution in [3.05, 3.63) is 52.8 Å². The van der Waals surface area contributed by atoms with Crippen molar-refractivity contribution in [3.8, 4) is 11.5 Å². The number of aliphatic imine (C=N–C) groups is 1. The van der Waals surface area contributed by atoms with Crippen molar-refractivity contribution in [2.45, 2.75) is 19.6 Å². The molecule has 0 aliphatic rings. The van der Waals surface area contributed by atoms with Gasteiger partial charge in [-0.15, -0.1) is 0 Å². The summed E-state index contributed by atoms with van der Waals surface area (Å²) in [6.45, 7) is 2.00. The van der Waals surface area contributed by atoms with Gasteiger partial charge in [-0.05, 0) is 27.1 Å². The molecule has 0 saturated heterocycles. The molecule has 1 aromatic heterocycles. The monoisotopic (exact) mass is 343 g/mol. The first-order valence-electron chi connectivity index (χ1n) is 8.07. The van der Waals surface area contributed by atoms with E-state index in [1.165, 1.54) is 0 Å². The molecular formula is C19H25N3O3. The number of aromatic hydroxyl groups is 1. The molecule has 0 amide bonds. The standard InChI is InChI=1S/C19H25N3O3/c1-13-19(24)16(14(12-23)9-21-13)10-20-11-17(22(2)3)15-7-5-6-8-18(15)25-4/h5-10,17,23-24H,11-12H2,1-4H3/t17-/m0/s1. The van der Waals surface area contributed by atoms with Gasteiger partial charge in [0.1, 0.15) is 11.5 Å². The summed E-state index contributed by atoms with van der Waals surface area (Å²) in [7, 11) is 5.62. The lowest BCUT2D eigenvalue weighted by molar-refractivity contribution is 0.280. The highest BCUT2D eigenvalue weighted by molar-refractivity contribution is 5.85. The molecule has 25 heavy (non-hydrogen) atoms. The van der Waals surface area contributed by atoms with E-state index in [9.17, 15) is 10.2 Å². The van der Waals surface area contributed by atoms with Gasteiger partial charge in [-0.1, -0.05) is 18.2 Å². The van der Waals surface area contributed by atoms with E-state index in [-0.39, 0.29) is 18.4 Å². The Labute approximate surface area is 148 Å². The first-order chi connectivity index (χ1) is 12.0. The number of aryl methyl sites for hydroxylation is 1. The summed E-state index contributed by atoms with van der Waals surface area (Å²) in [6.07, 6.45) is 3.15. The second-order valence-corrected chi connectivity index (χ2v) is 6.00. The van der Waals surface area contributed by atoms with Crippen molar-refractivity contribution in [2.24, 2.45) is 4.99 Å². The third kappa shape index (κ3) is 4.35. The molecule has 134 valence electrons. The van der Waals surface area contributed by atoms with Crippen LogP contribution in [-0.4, -0.2) is 54.1 Å². The molecule has 6 heteroatoms. The Hall–Kier alpha value is -2.44. The molecule has 0 spiro atoms. The maximum Gasteiger partial charge on any atom is 0.145 e. The van der Waals surface area contributed by atoms with Crippen molar-refractivity contribution in [1.82, 2.24) is 9.88 Å². The maximum absolute atomic E-state index is 10.2. The average Bonchev–Trinajstić information content (AvgIpc) is 2.62. The molecule has 1 aromatic carbocycles. The van der Waals surface area contributed by atoms with Crippen LogP contribution in [0.2, 0.25) is 0 Å². The van der Waals surface area contributed by atoms with Crippen molar-refractivity contribution in [2.75, 3.05) is 27.7 Å². The average molecular weight is 343 g/mol. The van der Waals surface area contributed by atoms with Crippen LogP contribution in [0, 0.1) is 6.92 Å². The number of pyridine rings is 1. The first kappa shape index (κ1) is 18.9. The number of aromatic nitrogens is 1. The lowest BCUT2D eigenvalue weighted by Gasteiger charge is -2.24. The van der Waals surface area contributed by atoms with Gasteiger partial charge in [-0.2, -0.15) is 0 Å². The number of nitrogens with zero attached hydrogens (tertiary/aromatic N) is 3. The fourth-order valence-electron chi connectivity index (χ4n) is 2.65. The molecule has 0 aliphatic heterocycles. The van der Waals surface area contributed by atoms with Gasteiger partial charge in [0.15, 0.2) is 0 Å². The van der Waals surface area contributed by atoms with Gasteiger partial charge in [-0.3, -0.25) is 9.98 Å². The zero-order chi connectivity index (χ0) is 18.4. The molecule has 1 heterocycles. The molecular weight excluding hydrogens is 318 g/mol. The van der Waals surface area contributed by atoms with Gasteiger partial charge in [0.25, 0.3) is 0 Å². The van der Waals surface area contributed by atoms with Crippen LogP contribution in [-0.2, 0) is 6.61 Å². The van der Waals surface area contributed by atoms with Gasteiger partial charge in [-0.25, -0.2) is 0 Å². The van der Waals surface area contributed by atoms with Gasteiger partial charge >= 0.3 is 0 Å². The Balaban J connectivity index is 2.28. The van der Waals surface area contributed by atoms with Crippen molar-refractivity contribution >= 4 is 6.21 Å². The zero-order valence-corrected chi connectivity index (χ0v) is 15.1. The molecule has 0 bridgehead atoms. The third-order valence-electron chi connectivity index (χ3n) is 4.15. The first-order valence-corrected chi connectivity index (χ1v) is 8.07. The SMILES string of the molecule is COc1ccccc1[C@H](CN=Cc1c(CO)cnc(C)c1O)N(C)C. The highest BCUT2D eigenvalue weighted by Gasteiger charge is 2.17. The minimum Gasteiger partial charge on any atom is -0.505 e. The fraction of sp³-hybridized carbons (Fsp3) is 0.368. The lowest BCUT2D eigenvalue weighted by Crippen LogP contribution is -2.23. The van der Waals surface area contributed by atoms with E-state index >= 15 is 0 Å². The molecule has 1 atom stereocenters. The van der Waals surface area contributed by atoms with Crippen LogP contribution in [0.5, 0.6) is 11.5 Å². The van der Waals surface area contributed by atoms with Crippen LogP contribution in [0.15, 0.2) is 35.5 Å². The summed E-state index contributed by atoms with van der Waals surface area (Å²) in [5.74, 6) is 0.865. The molecule has 0 radical (unpaired) electrons. The molecule has 2 N–H and O–H groups in total. The molecule has 0 unspecified atom stereocenters. The number of rotatable bonds is 7. The Morgan fingerprint density at radius 1 is 1.32 bits per heavy atom. The number of benzene rings is 1. The fourth-order valence-corrected chi connectivity index (χ4v) is 2.65. The smallest absolute Gasteiger partial charge is 0.145 e. The number of ether oxygens (including phenoxy) is 1. The number of aliphatic hydroxyl groups excluding tert-OH is 1. The van der Waals surface area contributed by atoms with Crippen LogP contribution >= 0.6 is 0 Å². The van der Waals surface area contributed by atoms with Crippen LogP contribution in [0.1, 0.15) is 28.4 Å². The Morgan fingerprint density at radius 2 is 2.04 bits per heavy atom. The van der Waals surface area contributed by atoms with Gasteiger partial charge in [0.2, 0.25) is 0 Å². The molecule has 0 aliphatic carbocycles. The van der Waals surface area contributed by atoms with Gasteiger partial charge in [0, 0.05) is 29.1 Å². The predicted octanol–water partition coefficient (Wildman–Crippen LogP) is 2.32. The Bertz CT molecular complexity index is 745.